The van der Waals surface area contributed by atoms with Crippen molar-refractivity contribution in [2.24, 2.45) is 17.3 Å². The Bertz CT molecular complexity index is 608. The zero-order valence-electron chi connectivity index (χ0n) is 16.6. The second kappa shape index (κ2) is 8.67. The molecular formula is C24H35NO2. The van der Waals surface area contributed by atoms with Gasteiger partial charge in [-0.05, 0) is 62.5 Å². The zero-order chi connectivity index (χ0) is 18.5. The molecule has 1 aliphatic heterocycles. The van der Waals surface area contributed by atoms with E-state index in [0.717, 1.165) is 32.2 Å². The van der Waals surface area contributed by atoms with E-state index in [2.05, 4.69) is 29.6 Å². The van der Waals surface area contributed by atoms with E-state index < -0.39 is 0 Å². The minimum absolute atomic E-state index is 0.135. The fraction of sp³-hybridized carbons (Fsp3) is 0.708. The minimum Gasteiger partial charge on any atom is -0.462 e. The fourth-order valence-electron chi connectivity index (χ4n) is 6.22. The van der Waals surface area contributed by atoms with Gasteiger partial charge in [0.05, 0.1) is 5.92 Å². The lowest BCUT2D eigenvalue weighted by molar-refractivity contribution is -0.196. The van der Waals surface area contributed by atoms with Gasteiger partial charge in [0.2, 0.25) is 0 Å². The second-order valence-corrected chi connectivity index (χ2v) is 9.00. The summed E-state index contributed by atoms with van der Waals surface area (Å²) in [6, 6.07) is 10.4. The number of rotatable bonds is 6. The predicted molar refractivity (Wildman–Crippen MR) is 110 cm³/mol. The van der Waals surface area contributed by atoms with E-state index in [4.69, 9.17) is 4.74 Å². The summed E-state index contributed by atoms with van der Waals surface area (Å²) in [5, 5.41) is 3.49. The summed E-state index contributed by atoms with van der Waals surface area (Å²) in [7, 11) is 0. The van der Waals surface area contributed by atoms with Crippen LogP contribution in [0.1, 0.15) is 77.0 Å². The van der Waals surface area contributed by atoms with Crippen LogP contribution in [-0.4, -0.2) is 18.6 Å². The van der Waals surface area contributed by atoms with Gasteiger partial charge < -0.3 is 10.1 Å². The molecule has 3 nitrogen and oxygen atoms in total. The van der Waals surface area contributed by atoms with Gasteiger partial charge in [-0.1, -0.05) is 50.3 Å². The monoisotopic (exact) mass is 369 g/mol. The smallest absolute Gasteiger partial charge is 0.309 e. The number of ether oxygens (including phenoxy) is 1. The summed E-state index contributed by atoms with van der Waals surface area (Å²) in [4.78, 5) is 13.0. The number of hydrogen-bond donors (Lipinski definition) is 1. The zero-order valence-corrected chi connectivity index (χ0v) is 16.6. The van der Waals surface area contributed by atoms with Crippen LogP contribution in [0.2, 0.25) is 0 Å². The maximum Gasteiger partial charge on any atom is 0.309 e. The van der Waals surface area contributed by atoms with E-state index in [1.165, 1.54) is 57.1 Å². The van der Waals surface area contributed by atoms with Gasteiger partial charge in [0.15, 0.2) is 0 Å². The number of para-hydroxylation sites is 1. The van der Waals surface area contributed by atoms with Crippen LogP contribution in [0.15, 0.2) is 30.3 Å². The largest absolute Gasteiger partial charge is 0.462 e. The molecule has 2 aliphatic carbocycles. The molecule has 3 heteroatoms. The van der Waals surface area contributed by atoms with Crippen molar-refractivity contribution in [3.8, 4) is 0 Å². The SMILES string of the molecule is O=C1O[C@H]2CCCC[C@H]2C2(CCCCC2)[C@@H]1CCCCNc1ccccc1. The Balaban J connectivity index is 1.36. The summed E-state index contributed by atoms with van der Waals surface area (Å²) in [6.07, 6.45) is 14.9. The van der Waals surface area contributed by atoms with E-state index in [1.54, 1.807) is 0 Å². The predicted octanol–water partition coefficient (Wildman–Crippen LogP) is 5.95. The number of unbranched alkanes of at least 4 members (excludes halogenated alkanes) is 1. The highest BCUT2D eigenvalue weighted by atomic mass is 16.5. The highest BCUT2D eigenvalue weighted by Gasteiger charge is 2.56. The molecule has 1 N–H and O–H groups in total. The number of hydrogen-bond acceptors (Lipinski definition) is 3. The number of anilines is 1. The standard InChI is InChI=1S/C24H35NO2/c26-23-21(14-7-10-18-25-19-11-3-1-4-12-19)24(16-8-2-9-17-24)20-13-5-6-15-22(20)27-23/h1,3-4,11-12,20-22,25H,2,5-10,13-18H2/t20-,21-,22+/m1/s1. The van der Waals surface area contributed by atoms with Crippen molar-refractivity contribution < 1.29 is 9.53 Å². The Hall–Kier alpha value is -1.51. The first-order chi connectivity index (χ1) is 13.3. The summed E-state index contributed by atoms with van der Waals surface area (Å²) in [5.74, 6) is 0.918. The number of benzene rings is 1. The normalized spacial score (nSPS) is 29.8. The lowest BCUT2D eigenvalue weighted by Crippen LogP contribution is -2.55. The number of carbonyl (C=O) groups excluding carboxylic acids is 1. The molecule has 3 aliphatic rings. The molecule has 1 aromatic rings. The lowest BCUT2D eigenvalue weighted by Gasteiger charge is -2.55. The Morgan fingerprint density at radius 1 is 0.963 bits per heavy atom. The van der Waals surface area contributed by atoms with Crippen LogP contribution < -0.4 is 5.32 Å². The van der Waals surface area contributed by atoms with Crippen LogP contribution in [0, 0.1) is 17.3 Å². The second-order valence-electron chi connectivity index (χ2n) is 9.00. The van der Waals surface area contributed by atoms with E-state index >= 15 is 0 Å². The quantitative estimate of drug-likeness (QED) is 0.497. The number of fused-ring (bicyclic) bond motifs is 2. The maximum absolute atomic E-state index is 13.0. The fourth-order valence-corrected chi connectivity index (χ4v) is 6.22. The van der Waals surface area contributed by atoms with Gasteiger partial charge in [-0.2, -0.15) is 0 Å². The molecule has 0 unspecified atom stereocenters. The number of nitrogens with one attached hydrogen (secondary N) is 1. The molecule has 1 spiro atoms. The van der Waals surface area contributed by atoms with E-state index in [1.807, 2.05) is 6.07 Å². The molecule has 0 bridgehead atoms. The molecule has 4 rings (SSSR count). The van der Waals surface area contributed by atoms with Crippen molar-refractivity contribution >= 4 is 11.7 Å². The summed E-state index contributed by atoms with van der Waals surface area (Å²) in [5.41, 5.74) is 1.44. The molecule has 3 atom stereocenters. The van der Waals surface area contributed by atoms with E-state index in [0.29, 0.717) is 5.92 Å². The summed E-state index contributed by atoms with van der Waals surface area (Å²) in [6.45, 7) is 0.977. The summed E-state index contributed by atoms with van der Waals surface area (Å²) >= 11 is 0. The third kappa shape index (κ3) is 4.02. The van der Waals surface area contributed by atoms with Crippen LogP contribution in [0.4, 0.5) is 5.69 Å². The summed E-state index contributed by atoms with van der Waals surface area (Å²) < 4.78 is 6.00. The maximum atomic E-state index is 13.0. The minimum atomic E-state index is 0.135. The molecule has 148 valence electrons. The van der Waals surface area contributed by atoms with Crippen molar-refractivity contribution in [3.63, 3.8) is 0 Å². The molecule has 1 saturated heterocycles. The Morgan fingerprint density at radius 2 is 1.74 bits per heavy atom. The van der Waals surface area contributed by atoms with Crippen LogP contribution in [0.3, 0.4) is 0 Å². The third-order valence-electron chi connectivity index (χ3n) is 7.49. The van der Waals surface area contributed by atoms with Crippen LogP contribution >= 0.6 is 0 Å². The molecule has 0 amide bonds. The molecule has 27 heavy (non-hydrogen) atoms. The van der Waals surface area contributed by atoms with Crippen LogP contribution in [0.25, 0.3) is 0 Å². The Morgan fingerprint density at radius 3 is 2.56 bits per heavy atom. The topological polar surface area (TPSA) is 38.3 Å². The van der Waals surface area contributed by atoms with Gasteiger partial charge in [-0.3, -0.25) is 4.79 Å². The molecule has 2 saturated carbocycles. The van der Waals surface area contributed by atoms with Crippen molar-refractivity contribution in [2.45, 2.75) is 83.2 Å². The van der Waals surface area contributed by atoms with Crippen molar-refractivity contribution in [2.75, 3.05) is 11.9 Å². The Kier molecular flexibility index (Phi) is 6.04. The van der Waals surface area contributed by atoms with Crippen molar-refractivity contribution in [1.29, 1.82) is 0 Å². The molecule has 3 fully saturated rings. The number of carbonyl (C=O) groups is 1. The third-order valence-corrected chi connectivity index (χ3v) is 7.49. The van der Waals surface area contributed by atoms with Crippen LogP contribution in [-0.2, 0) is 9.53 Å². The average molecular weight is 370 g/mol. The van der Waals surface area contributed by atoms with Gasteiger partial charge in [0, 0.05) is 18.2 Å². The molecular weight excluding hydrogens is 334 g/mol. The van der Waals surface area contributed by atoms with Crippen LogP contribution in [0.5, 0.6) is 0 Å². The first kappa shape index (κ1) is 18.8. The highest BCUT2D eigenvalue weighted by molar-refractivity contribution is 5.75. The van der Waals surface area contributed by atoms with Crippen molar-refractivity contribution in [3.05, 3.63) is 30.3 Å². The van der Waals surface area contributed by atoms with Gasteiger partial charge in [-0.25, -0.2) is 0 Å². The highest BCUT2D eigenvalue weighted by Crippen LogP contribution is 2.57. The molecule has 1 heterocycles. The van der Waals surface area contributed by atoms with Gasteiger partial charge in [-0.15, -0.1) is 0 Å². The van der Waals surface area contributed by atoms with E-state index in [-0.39, 0.29) is 23.4 Å². The van der Waals surface area contributed by atoms with Gasteiger partial charge in [0.25, 0.3) is 0 Å². The first-order valence-electron chi connectivity index (χ1n) is 11.3. The van der Waals surface area contributed by atoms with Crippen molar-refractivity contribution in [1.82, 2.24) is 0 Å². The first-order valence-corrected chi connectivity index (χ1v) is 11.3. The molecule has 0 radical (unpaired) electrons. The van der Waals surface area contributed by atoms with Gasteiger partial charge >= 0.3 is 5.97 Å². The Labute approximate surface area is 164 Å². The average Bonchev–Trinajstić information content (AvgIpc) is 2.71. The number of esters is 1. The van der Waals surface area contributed by atoms with E-state index in [9.17, 15) is 4.79 Å². The molecule has 1 aromatic carbocycles. The lowest BCUT2D eigenvalue weighted by atomic mass is 9.53. The van der Waals surface area contributed by atoms with Gasteiger partial charge in [0.1, 0.15) is 6.10 Å². The molecule has 0 aromatic heterocycles.